The lowest BCUT2D eigenvalue weighted by Gasteiger charge is -2.30. The van der Waals surface area contributed by atoms with Gasteiger partial charge in [-0.05, 0) is 24.5 Å². The second-order valence-corrected chi connectivity index (χ2v) is 8.45. The molecule has 2 heterocycles. The maximum atomic E-state index is 13.3. The highest BCUT2D eigenvalue weighted by Gasteiger charge is 2.40. The second-order valence-electron chi connectivity index (χ2n) is 7.68. The molecule has 2 aromatic carbocycles. The normalized spacial score (nSPS) is 14.1. The van der Waals surface area contributed by atoms with Gasteiger partial charge in [0, 0.05) is 18.4 Å². The summed E-state index contributed by atoms with van der Waals surface area (Å²) in [6.45, 7) is 3.27. The molecule has 0 bridgehead atoms. The van der Waals surface area contributed by atoms with Crippen LogP contribution >= 0.6 is 11.8 Å². The molecule has 0 saturated heterocycles. The molecule has 0 N–H and O–H groups in total. The van der Waals surface area contributed by atoms with E-state index in [2.05, 4.69) is 15.2 Å². The van der Waals surface area contributed by atoms with Gasteiger partial charge in [0.25, 0.3) is 0 Å². The number of esters is 1. The zero-order chi connectivity index (χ0) is 26.7. The molecule has 0 aliphatic carbocycles. The smallest absolute Gasteiger partial charge is 0.323 e. The summed E-state index contributed by atoms with van der Waals surface area (Å²) in [4.78, 5) is 42.7. The number of hydrogen-bond donors (Lipinski definition) is 0. The van der Waals surface area contributed by atoms with Gasteiger partial charge in [-0.3, -0.25) is 24.6 Å². The van der Waals surface area contributed by atoms with Gasteiger partial charge < -0.3 is 14.2 Å². The highest BCUT2D eigenvalue weighted by Crippen LogP contribution is 2.48. The predicted molar refractivity (Wildman–Crippen MR) is 134 cm³/mol. The number of rotatable bonds is 7. The molecule has 192 valence electrons. The number of hydrogen-bond acceptors (Lipinski definition) is 11. The first kappa shape index (κ1) is 25.8. The molecule has 0 spiro atoms. The molecule has 1 amide bonds. The van der Waals surface area contributed by atoms with E-state index >= 15 is 0 Å². The van der Waals surface area contributed by atoms with Crippen LogP contribution in [0.2, 0.25) is 0 Å². The molecule has 13 heteroatoms. The van der Waals surface area contributed by atoms with Crippen molar-refractivity contribution in [3.8, 4) is 28.6 Å². The van der Waals surface area contributed by atoms with E-state index < -0.39 is 22.8 Å². The number of para-hydroxylation sites is 1. The topological polar surface area (TPSA) is 147 Å². The molecule has 1 aliphatic rings. The van der Waals surface area contributed by atoms with Crippen LogP contribution in [0.3, 0.4) is 0 Å². The molecule has 4 rings (SSSR count). The summed E-state index contributed by atoms with van der Waals surface area (Å²) in [5.74, 6) is -1.30. The summed E-state index contributed by atoms with van der Waals surface area (Å²) in [5.41, 5.74) is 0.703. The molecule has 0 saturated carbocycles. The fourth-order valence-corrected chi connectivity index (χ4v) is 4.17. The molecule has 1 aromatic heterocycles. The molecule has 1 atom stereocenters. The third kappa shape index (κ3) is 4.77. The lowest BCUT2D eigenvalue weighted by Crippen LogP contribution is -2.37. The maximum absolute atomic E-state index is 13.3. The fourth-order valence-electron chi connectivity index (χ4n) is 3.87. The summed E-state index contributed by atoms with van der Waals surface area (Å²) in [5, 5.41) is 21.1. The summed E-state index contributed by atoms with van der Waals surface area (Å²) in [6.07, 6.45) is 0.578. The van der Waals surface area contributed by atoms with Crippen molar-refractivity contribution in [2.75, 3.05) is 18.3 Å². The second kappa shape index (κ2) is 10.8. The van der Waals surface area contributed by atoms with E-state index in [1.54, 1.807) is 44.4 Å². The van der Waals surface area contributed by atoms with Crippen molar-refractivity contribution in [2.24, 2.45) is 0 Å². The zero-order valence-corrected chi connectivity index (χ0v) is 21.3. The summed E-state index contributed by atoms with van der Waals surface area (Å²) < 4.78 is 16.8. The van der Waals surface area contributed by atoms with Gasteiger partial charge in [-0.25, -0.2) is 0 Å². The Kier molecular flexibility index (Phi) is 7.53. The Labute approximate surface area is 216 Å². The number of carbonyl (C=O) groups is 2. The molecule has 1 aliphatic heterocycles. The molecule has 0 fully saturated rings. The van der Waals surface area contributed by atoms with Crippen LogP contribution in [0.5, 0.6) is 17.4 Å². The summed E-state index contributed by atoms with van der Waals surface area (Å²) in [7, 11) is 1.23. The lowest BCUT2D eigenvalue weighted by atomic mass is 10.1. The molecular weight excluding hydrogens is 502 g/mol. The van der Waals surface area contributed by atoms with E-state index in [0.717, 1.165) is 0 Å². The number of benzene rings is 2. The molecular formula is C24H23N5O7S. The van der Waals surface area contributed by atoms with E-state index in [1.807, 2.05) is 0 Å². The first-order chi connectivity index (χ1) is 17.8. The summed E-state index contributed by atoms with van der Waals surface area (Å²) >= 11 is 1.24. The Balaban J connectivity index is 2.02. The van der Waals surface area contributed by atoms with Gasteiger partial charge in [0.15, 0.2) is 11.4 Å². The van der Waals surface area contributed by atoms with Crippen LogP contribution < -0.4 is 19.1 Å². The number of nitrogens with zero attached hydrogens (tertiary/aromatic N) is 5. The number of anilines is 1. The van der Waals surface area contributed by atoms with Gasteiger partial charge in [0.05, 0.1) is 23.3 Å². The number of thioether (sulfide) groups is 1. The van der Waals surface area contributed by atoms with Crippen LogP contribution in [0.25, 0.3) is 11.3 Å². The maximum Gasteiger partial charge on any atom is 0.323 e. The number of methoxy groups -OCH3 is 1. The van der Waals surface area contributed by atoms with Crippen molar-refractivity contribution < 1.29 is 28.7 Å². The van der Waals surface area contributed by atoms with Crippen LogP contribution in [0.15, 0.2) is 41.6 Å². The number of amides is 1. The van der Waals surface area contributed by atoms with Gasteiger partial charge in [0.2, 0.25) is 28.9 Å². The minimum Gasteiger partial charge on any atom is -0.488 e. The van der Waals surface area contributed by atoms with Crippen molar-refractivity contribution >= 4 is 35.0 Å². The van der Waals surface area contributed by atoms with Gasteiger partial charge in [0.1, 0.15) is 0 Å². The average Bonchev–Trinajstić information content (AvgIpc) is 3.06. The molecule has 37 heavy (non-hydrogen) atoms. The third-order valence-corrected chi connectivity index (χ3v) is 6.10. The monoisotopic (exact) mass is 525 g/mol. The van der Waals surface area contributed by atoms with Crippen LogP contribution in [-0.2, 0) is 9.59 Å². The van der Waals surface area contributed by atoms with Crippen LogP contribution in [0.1, 0.15) is 38.5 Å². The quantitative estimate of drug-likeness (QED) is 0.143. The number of nitro benzene ring substituents is 1. The van der Waals surface area contributed by atoms with Gasteiger partial charge in [-0.2, -0.15) is 4.98 Å². The minimum atomic E-state index is -1.33. The lowest BCUT2D eigenvalue weighted by molar-refractivity contribution is -0.387. The molecule has 0 unspecified atom stereocenters. The number of nitro groups is 1. The van der Waals surface area contributed by atoms with Crippen molar-refractivity contribution in [3.63, 3.8) is 0 Å². The van der Waals surface area contributed by atoms with Crippen LogP contribution in [0, 0.1) is 10.1 Å². The Morgan fingerprint density at radius 1 is 1.16 bits per heavy atom. The fraction of sp³-hybridized carbons (Fsp3) is 0.292. The van der Waals surface area contributed by atoms with Gasteiger partial charge in [-0.1, -0.05) is 43.8 Å². The Bertz CT molecular complexity index is 1380. The number of carbonyl (C=O) groups excluding carboxylic acids is 2. The number of fused-ring (bicyclic) bond motifs is 3. The number of aromatic nitrogens is 3. The molecule has 0 radical (unpaired) electrons. The Morgan fingerprint density at radius 2 is 1.92 bits per heavy atom. The standard InChI is InChI=1S/C24H23N5O7S/c1-5-17(30)28-15-10-8-7-9-13(15)19-22(25-24(37-4)27-26-19)36-23(28)14-11-12-16(35-18(31)6-2)21(34-3)20(14)29(32)33/h7-12,23H,5-6H2,1-4H3/t23-/m1/s1. The van der Waals surface area contributed by atoms with Crippen molar-refractivity contribution in [1.82, 2.24) is 15.2 Å². The Hall–Kier alpha value is -4.26. The third-order valence-electron chi connectivity index (χ3n) is 5.56. The van der Waals surface area contributed by atoms with E-state index in [1.165, 1.54) is 35.9 Å². The summed E-state index contributed by atoms with van der Waals surface area (Å²) in [6, 6.07) is 9.68. The highest BCUT2D eigenvalue weighted by molar-refractivity contribution is 7.98. The minimum absolute atomic E-state index is 0.00749. The molecule has 12 nitrogen and oxygen atoms in total. The van der Waals surface area contributed by atoms with Crippen LogP contribution in [-0.4, -0.2) is 45.3 Å². The van der Waals surface area contributed by atoms with E-state index in [-0.39, 0.29) is 47.4 Å². The van der Waals surface area contributed by atoms with E-state index in [9.17, 15) is 19.7 Å². The Morgan fingerprint density at radius 3 is 2.57 bits per heavy atom. The van der Waals surface area contributed by atoms with Gasteiger partial charge >= 0.3 is 11.7 Å². The average molecular weight is 526 g/mol. The van der Waals surface area contributed by atoms with Crippen molar-refractivity contribution in [3.05, 3.63) is 52.1 Å². The van der Waals surface area contributed by atoms with Crippen molar-refractivity contribution in [1.29, 1.82) is 0 Å². The molecule has 3 aromatic rings. The zero-order valence-electron chi connectivity index (χ0n) is 20.5. The first-order valence-corrected chi connectivity index (χ1v) is 12.5. The predicted octanol–water partition coefficient (Wildman–Crippen LogP) is 4.33. The highest BCUT2D eigenvalue weighted by atomic mass is 32.2. The van der Waals surface area contributed by atoms with E-state index in [0.29, 0.717) is 16.4 Å². The van der Waals surface area contributed by atoms with E-state index in [4.69, 9.17) is 14.2 Å². The largest absolute Gasteiger partial charge is 0.488 e. The van der Waals surface area contributed by atoms with Crippen LogP contribution in [0.4, 0.5) is 11.4 Å². The van der Waals surface area contributed by atoms with Crippen molar-refractivity contribution in [2.45, 2.75) is 38.1 Å². The SMILES string of the molecule is CCC(=O)Oc1ccc([C@H]2Oc3nc(SC)nnc3-c3ccccc3N2C(=O)CC)c([N+](=O)[O-])c1OC. The first-order valence-electron chi connectivity index (χ1n) is 11.3. The number of ether oxygens (including phenoxy) is 3. The van der Waals surface area contributed by atoms with Gasteiger partial charge in [-0.15, -0.1) is 10.2 Å².